The molecule has 7 nitrogen and oxygen atoms in total. The minimum atomic E-state index is -3.79. The Morgan fingerprint density at radius 2 is 1.72 bits per heavy atom. The van der Waals surface area contributed by atoms with E-state index in [4.69, 9.17) is 9.72 Å². The Labute approximate surface area is 190 Å². The van der Waals surface area contributed by atoms with Crippen LogP contribution in [0.4, 0.5) is 10.8 Å². The van der Waals surface area contributed by atoms with E-state index in [1.165, 1.54) is 17.0 Å². The number of hydrogen-bond donors (Lipinski definition) is 1. The molecule has 1 aliphatic heterocycles. The van der Waals surface area contributed by atoms with Gasteiger partial charge in [0, 0.05) is 32.1 Å². The average Bonchev–Trinajstić information content (AvgIpc) is 3.26. The van der Waals surface area contributed by atoms with Crippen LogP contribution in [0.2, 0.25) is 0 Å². The molecule has 5 rings (SSSR count). The summed E-state index contributed by atoms with van der Waals surface area (Å²) >= 11 is 1.71. The molecular formula is C23H22N4O3S2. The van der Waals surface area contributed by atoms with Gasteiger partial charge < -0.3 is 9.64 Å². The van der Waals surface area contributed by atoms with E-state index < -0.39 is 10.0 Å². The predicted octanol–water partition coefficient (Wildman–Crippen LogP) is 4.54. The highest BCUT2D eigenvalue weighted by molar-refractivity contribution is 7.92. The van der Waals surface area contributed by atoms with Gasteiger partial charge in [0.1, 0.15) is 11.9 Å². The van der Waals surface area contributed by atoms with Crippen molar-refractivity contribution in [2.24, 2.45) is 0 Å². The molecule has 2 aromatic heterocycles. The fraction of sp³-hybridized carbons (Fsp3) is 0.217. The largest absolute Gasteiger partial charge is 0.488 e. The van der Waals surface area contributed by atoms with Gasteiger partial charge in [-0.05, 0) is 36.4 Å². The standard InChI is InChI=1S/C23H22N4O3S2/c28-32(29,22-11-5-6-14-24-22)26-18-7-1-3-9-20(18)30-17-12-15-27(16-13-17)23-25-19-8-2-4-10-21(19)31-23/h1-11,14,17,26H,12-13,15-16H2. The van der Waals surface area contributed by atoms with Crippen LogP contribution >= 0.6 is 11.3 Å². The number of pyridine rings is 1. The van der Waals surface area contributed by atoms with E-state index in [0.29, 0.717) is 11.4 Å². The molecule has 164 valence electrons. The maximum Gasteiger partial charge on any atom is 0.279 e. The molecule has 0 atom stereocenters. The number of sulfonamides is 1. The van der Waals surface area contributed by atoms with Crippen LogP contribution < -0.4 is 14.4 Å². The molecule has 1 saturated heterocycles. The Morgan fingerprint density at radius 1 is 0.969 bits per heavy atom. The molecule has 1 fully saturated rings. The molecule has 3 heterocycles. The fourth-order valence-electron chi connectivity index (χ4n) is 3.70. The molecule has 0 saturated carbocycles. The summed E-state index contributed by atoms with van der Waals surface area (Å²) in [6.07, 6.45) is 3.12. The number of ether oxygens (including phenoxy) is 1. The third-order valence-electron chi connectivity index (χ3n) is 5.33. The predicted molar refractivity (Wildman–Crippen MR) is 127 cm³/mol. The Kier molecular flexibility index (Phi) is 5.67. The maximum atomic E-state index is 12.7. The number of para-hydroxylation sites is 3. The van der Waals surface area contributed by atoms with E-state index in [0.717, 1.165) is 36.6 Å². The number of thiazole rings is 1. The summed E-state index contributed by atoms with van der Waals surface area (Å²) < 4.78 is 35.4. The van der Waals surface area contributed by atoms with Crippen LogP contribution in [-0.4, -0.2) is 37.6 Å². The summed E-state index contributed by atoms with van der Waals surface area (Å²) in [6, 6.07) is 20.0. The van der Waals surface area contributed by atoms with Crippen molar-refractivity contribution in [3.05, 3.63) is 72.9 Å². The summed E-state index contributed by atoms with van der Waals surface area (Å²) in [5.41, 5.74) is 1.44. The summed E-state index contributed by atoms with van der Waals surface area (Å²) in [5.74, 6) is 0.519. The second-order valence-electron chi connectivity index (χ2n) is 7.54. The van der Waals surface area contributed by atoms with Crippen LogP contribution in [0.5, 0.6) is 5.75 Å². The lowest BCUT2D eigenvalue weighted by Crippen LogP contribution is -2.38. The third-order valence-corrected chi connectivity index (χ3v) is 7.71. The molecule has 0 aliphatic carbocycles. The van der Waals surface area contributed by atoms with Crippen LogP contribution in [-0.2, 0) is 10.0 Å². The quantitative estimate of drug-likeness (QED) is 0.449. The van der Waals surface area contributed by atoms with Gasteiger partial charge in [-0.3, -0.25) is 4.72 Å². The first-order valence-corrected chi connectivity index (χ1v) is 12.7. The van der Waals surface area contributed by atoms with Crippen LogP contribution in [0.1, 0.15) is 12.8 Å². The normalized spacial score (nSPS) is 15.1. The Morgan fingerprint density at radius 3 is 2.50 bits per heavy atom. The number of benzene rings is 2. The number of fused-ring (bicyclic) bond motifs is 1. The smallest absolute Gasteiger partial charge is 0.279 e. The highest BCUT2D eigenvalue weighted by atomic mass is 32.2. The SMILES string of the molecule is O=S(=O)(Nc1ccccc1OC1CCN(c2nc3ccccc3s2)CC1)c1ccccn1. The summed E-state index contributed by atoms with van der Waals surface area (Å²) in [5, 5.41) is 1.01. The van der Waals surface area contributed by atoms with Gasteiger partial charge in [0.2, 0.25) is 0 Å². The minimum Gasteiger partial charge on any atom is -0.488 e. The highest BCUT2D eigenvalue weighted by Gasteiger charge is 2.24. The van der Waals surface area contributed by atoms with Gasteiger partial charge in [-0.1, -0.05) is 41.7 Å². The van der Waals surface area contributed by atoms with Crippen molar-refractivity contribution in [3.8, 4) is 5.75 Å². The zero-order chi connectivity index (χ0) is 22.0. The van der Waals surface area contributed by atoms with Gasteiger partial charge in [0.15, 0.2) is 10.2 Å². The maximum absolute atomic E-state index is 12.7. The molecule has 0 spiro atoms. The van der Waals surface area contributed by atoms with Crippen molar-refractivity contribution in [2.75, 3.05) is 22.7 Å². The molecular weight excluding hydrogens is 444 g/mol. The Hall–Kier alpha value is -3.17. The monoisotopic (exact) mass is 466 g/mol. The van der Waals surface area contributed by atoms with Gasteiger partial charge in [-0.15, -0.1) is 0 Å². The first-order chi connectivity index (χ1) is 15.6. The average molecular weight is 467 g/mol. The van der Waals surface area contributed by atoms with Gasteiger partial charge in [0.05, 0.1) is 15.9 Å². The van der Waals surface area contributed by atoms with Gasteiger partial charge in [0.25, 0.3) is 10.0 Å². The number of nitrogens with zero attached hydrogens (tertiary/aromatic N) is 3. The molecule has 0 amide bonds. The Balaban J connectivity index is 1.26. The molecule has 4 aromatic rings. The topological polar surface area (TPSA) is 84.4 Å². The highest BCUT2D eigenvalue weighted by Crippen LogP contribution is 2.32. The van der Waals surface area contributed by atoms with Crippen molar-refractivity contribution in [3.63, 3.8) is 0 Å². The van der Waals surface area contributed by atoms with E-state index in [1.54, 1.807) is 41.7 Å². The lowest BCUT2D eigenvalue weighted by atomic mass is 10.1. The number of nitrogens with one attached hydrogen (secondary N) is 1. The second-order valence-corrected chi connectivity index (χ2v) is 10.2. The fourth-order valence-corrected chi connectivity index (χ4v) is 5.73. The van der Waals surface area contributed by atoms with Crippen molar-refractivity contribution < 1.29 is 13.2 Å². The van der Waals surface area contributed by atoms with Gasteiger partial charge in [-0.2, -0.15) is 8.42 Å². The van der Waals surface area contributed by atoms with E-state index in [2.05, 4.69) is 20.7 Å². The number of hydrogen-bond acceptors (Lipinski definition) is 7. The Bertz CT molecular complexity index is 1280. The molecule has 2 aromatic carbocycles. The van der Waals surface area contributed by atoms with E-state index >= 15 is 0 Å². The molecule has 1 N–H and O–H groups in total. The summed E-state index contributed by atoms with van der Waals surface area (Å²) in [7, 11) is -3.79. The van der Waals surface area contributed by atoms with Crippen molar-refractivity contribution in [1.29, 1.82) is 0 Å². The second kappa shape index (κ2) is 8.76. The van der Waals surface area contributed by atoms with Crippen LogP contribution in [0.3, 0.4) is 0 Å². The molecule has 1 aliphatic rings. The zero-order valence-electron chi connectivity index (χ0n) is 17.2. The summed E-state index contributed by atoms with van der Waals surface area (Å²) in [4.78, 5) is 11.0. The molecule has 32 heavy (non-hydrogen) atoms. The van der Waals surface area contributed by atoms with E-state index in [9.17, 15) is 8.42 Å². The number of anilines is 2. The third kappa shape index (κ3) is 4.39. The first kappa shape index (κ1) is 20.7. The molecule has 0 radical (unpaired) electrons. The van der Waals surface area contributed by atoms with Crippen LogP contribution in [0.25, 0.3) is 10.2 Å². The number of piperidine rings is 1. The van der Waals surface area contributed by atoms with Crippen LogP contribution in [0.15, 0.2) is 78.0 Å². The van der Waals surface area contributed by atoms with Crippen LogP contribution in [0, 0.1) is 0 Å². The zero-order valence-corrected chi connectivity index (χ0v) is 18.8. The molecule has 0 bridgehead atoms. The van der Waals surface area contributed by atoms with Crippen molar-refractivity contribution >= 4 is 42.4 Å². The van der Waals surface area contributed by atoms with Crippen molar-refractivity contribution in [2.45, 2.75) is 24.0 Å². The first-order valence-electron chi connectivity index (χ1n) is 10.4. The van der Waals surface area contributed by atoms with E-state index in [1.807, 2.05) is 24.3 Å². The molecule has 0 unspecified atom stereocenters. The lowest BCUT2D eigenvalue weighted by molar-refractivity contribution is 0.172. The van der Waals surface area contributed by atoms with Gasteiger partial charge in [-0.25, -0.2) is 9.97 Å². The lowest BCUT2D eigenvalue weighted by Gasteiger charge is -2.32. The molecule has 9 heteroatoms. The minimum absolute atomic E-state index is 0.00105. The number of rotatable bonds is 6. The van der Waals surface area contributed by atoms with Crippen molar-refractivity contribution in [1.82, 2.24) is 9.97 Å². The van der Waals surface area contributed by atoms with E-state index in [-0.39, 0.29) is 11.1 Å². The number of aromatic nitrogens is 2. The summed E-state index contributed by atoms with van der Waals surface area (Å²) in [6.45, 7) is 1.68. The van der Waals surface area contributed by atoms with Gasteiger partial charge >= 0.3 is 0 Å².